The van der Waals surface area contributed by atoms with E-state index in [0.29, 0.717) is 17.8 Å². The van der Waals surface area contributed by atoms with Crippen LogP contribution < -0.4 is 10.1 Å². The Bertz CT molecular complexity index is 939. The number of aromatic nitrogens is 1. The Morgan fingerprint density at radius 3 is 2.56 bits per heavy atom. The van der Waals surface area contributed by atoms with Crippen LogP contribution in [0.15, 0.2) is 54.6 Å². The summed E-state index contributed by atoms with van der Waals surface area (Å²) in [5, 5.41) is 3.98. The van der Waals surface area contributed by atoms with Crippen molar-refractivity contribution in [2.24, 2.45) is 0 Å². The second-order valence-electron chi connectivity index (χ2n) is 6.78. The zero-order chi connectivity index (χ0) is 19.4. The first-order valence-electron chi connectivity index (χ1n) is 8.94. The molecule has 1 aromatic heterocycles. The summed E-state index contributed by atoms with van der Waals surface area (Å²) in [7, 11) is 5.66. The number of hydrogen-bond acceptors (Lipinski definition) is 4. The van der Waals surface area contributed by atoms with E-state index in [0.717, 1.165) is 16.7 Å². The second-order valence-corrected chi connectivity index (χ2v) is 6.78. The average Bonchev–Trinajstić information content (AvgIpc) is 2.67. The third-order valence-electron chi connectivity index (χ3n) is 4.72. The van der Waals surface area contributed by atoms with Crippen LogP contribution in [-0.2, 0) is 0 Å². The Morgan fingerprint density at radius 2 is 1.89 bits per heavy atom. The Labute approximate surface area is 160 Å². The predicted octanol–water partition coefficient (Wildman–Crippen LogP) is 3.58. The maximum absolute atomic E-state index is 12.8. The predicted molar refractivity (Wildman–Crippen MR) is 108 cm³/mol. The Morgan fingerprint density at radius 1 is 1.15 bits per heavy atom. The highest BCUT2D eigenvalue weighted by Gasteiger charge is 2.17. The van der Waals surface area contributed by atoms with Gasteiger partial charge in [0, 0.05) is 18.0 Å². The molecule has 5 heteroatoms. The van der Waals surface area contributed by atoms with Crippen LogP contribution in [0.3, 0.4) is 0 Å². The number of hydrogen-bond donors (Lipinski definition) is 1. The third kappa shape index (κ3) is 4.26. The van der Waals surface area contributed by atoms with Crippen LogP contribution >= 0.6 is 0 Å². The lowest BCUT2D eigenvalue weighted by Gasteiger charge is -2.25. The van der Waals surface area contributed by atoms with Gasteiger partial charge in [0.05, 0.1) is 29.9 Å². The molecular weight excluding hydrogens is 338 g/mol. The standard InChI is InChI=1S/C22H25N3O2/c1-15-19(12-17-10-11-18(27-4)13-20(17)24-15)22(26)23-14-21(25(2)3)16-8-6-5-7-9-16/h5-13,21H,14H2,1-4H3,(H,23,26). The zero-order valence-electron chi connectivity index (χ0n) is 16.2. The van der Waals surface area contributed by atoms with Crippen molar-refractivity contribution in [3.8, 4) is 5.75 Å². The molecule has 5 nitrogen and oxygen atoms in total. The van der Waals surface area contributed by atoms with E-state index in [2.05, 4.69) is 27.3 Å². The molecule has 2 aromatic carbocycles. The van der Waals surface area contributed by atoms with Crippen LogP contribution in [-0.4, -0.2) is 43.5 Å². The van der Waals surface area contributed by atoms with Gasteiger partial charge < -0.3 is 15.0 Å². The van der Waals surface area contributed by atoms with Crippen molar-refractivity contribution in [2.45, 2.75) is 13.0 Å². The Kier molecular flexibility index (Phi) is 5.72. The molecule has 27 heavy (non-hydrogen) atoms. The molecule has 3 aromatic rings. The number of carbonyl (C=O) groups excluding carboxylic acids is 1. The number of methoxy groups -OCH3 is 1. The highest BCUT2D eigenvalue weighted by molar-refractivity contribution is 5.98. The lowest BCUT2D eigenvalue weighted by Crippen LogP contribution is -2.34. The molecule has 0 radical (unpaired) electrons. The Balaban J connectivity index is 1.80. The van der Waals surface area contributed by atoms with E-state index in [1.165, 1.54) is 5.56 Å². The quantitative estimate of drug-likeness (QED) is 0.727. The summed E-state index contributed by atoms with van der Waals surface area (Å²) < 4.78 is 5.25. The number of carbonyl (C=O) groups is 1. The van der Waals surface area contributed by atoms with Gasteiger partial charge in [-0.15, -0.1) is 0 Å². The molecular formula is C22H25N3O2. The summed E-state index contributed by atoms with van der Waals surface area (Å²) in [6.07, 6.45) is 0. The van der Waals surface area contributed by atoms with Gasteiger partial charge in [-0.1, -0.05) is 30.3 Å². The normalized spacial score (nSPS) is 12.2. The maximum atomic E-state index is 12.8. The maximum Gasteiger partial charge on any atom is 0.253 e. The molecule has 0 aliphatic heterocycles. The Hall–Kier alpha value is -2.92. The van der Waals surface area contributed by atoms with Crippen LogP contribution in [0.1, 0.15) is 27.7 Å². The number of amides is 1. The van der Waals surface area contributed by atoms with Gasteiger partial charge in [0.1, 0.15) is 5.75 Å². The molecule has 0 aliphatic carbocycles. The minimum atomic E-state index is -0.111. The van der Waals surface area contributed by atoms with Gasteiger partial charge in [0.2, 0.25) is 0 Å². The number of nitrogens with one attached hydrogen (secondary N) is 1. The number of benzene rings is 2. The lowest BCUT2D eigenvalue weighted by molar-refractivity contribution is 0.0941. The van der Waals surface area contributed by atoms with Crippen molar-refractivity contribution in [3.05, 3.63) is 71.4 Å². The number of nitrogens with zero attached hydrogens (tertiary/aromatic N) is 2. The van der Waals surface area contributed by atoms with Crippen LogP contribution in [0.5, 0.6) is 5.75 Å². The molecule has 0 spiro atoms. The number of rotatable bonds is 6. The van der Waals surface area contributed by atoms with Gasteiger partial charge in [0.15, 0.2) is 0 Å². The molecule has 140 valence electrons. The van der Waals surface area contributed by atoms with E-state index in [1.807, 2.05) is 63.5 Å². The van der Waals surface area contributed by atoms with Crippen LogP contribution in [0, 0.1) is 6.92 Å². The number of aryl methyl sites for hydroxylation is 1. The minimum Gasteiger partial charge on any atom is -0.497 e. The summed E-state index contributed by atoms with van der Waals surface area (Å²) >= 11 is 0. The van der Waals surface area contributed by atoms with Crippen molar-refractivity contribution in [1.29, 1.82) is 0 Å². The van der Waals surface area contributed by atoms with Gasteiger partial charge in [-0.25, -0.2) is 0 Å². The topological polar surface area (TPSA) is 54.5 Å². The average molecular weight is 363 g/mol. The molecule has 1 atom stereocenters. The van der Waals surface area contributed by atoms with E-state index in [-0.39, 0.29) is 11.9 Å². The number of ether oxygens (including phenoxy) is 1. The first-order chi connectivity index (χ1) is 13.0. The molecule has 1 amide bonds. The summed E-state index contributed by atoms with van der Waals surface area (Å²) in [4.78, 5) is 19.5. The fourth-order valence-electron chi connectivity index (χ4n) is 3.16. The van der Waals surface area contributed by atoms with Crippen molar-refractivity contribution >= 4 is 16.8 Å². The molecule has 1 heterocycles. The van der Waals surface area contributed by atoms with E-state index in [1.54, 1.807) is 7.11 Å². The first-order valence-corrected chi connectivity index (χ1v) is 8.94. The van der Waals surface area contributed by atoms with E-state index in [9.17, 15) is 4.79 Å². The first kappa shape index (κ1) is 18.9. The highest BCUT2D eigenvalue weighted by Crippen LogP contribution is 2.22. The lowest BCUT2D eigenvalue weighted by atomic mass is 10.1. The molecule has 0 bridgehead atoms. The van der Waals surface area contributed by atoms with Gasteiger partial charge >= 0.3 is 0 Å². The number of fused-ring (bicyclic) bond motifs is 1. The SMILES string of the molecule is COc1ccc2cc(C(=O)NCC(c3ccccc3)N(C)C)c(C)nc2c1. The fourth-order valence-corrected chi connectivity index (χ4v) is 3.16. The fraction of sp³-hybridized carbons (Fsp3) is 0.273. The minimum absolute atomic E-state index is 0.105. The van der Waals surface area contributed by atoms with Crippen LogP contribution in [0.4, 0.5) is 0 Å². The van der Waals surface area contributed by atoms with Crippen molar-refractivity contribution in [1.82, 2.24) is 15.2 Å². The molecule has 0 saturated heterocycles. The molecule has 0 fully saturated rings. The second kappa shape index (κ2) is 8.18. The van der Waals surface area contributed by atoms with Gasteiger partial charge in [-0.2, -0.15) is 0 Å². The monoisotopic (exact) mass is 363 g/mol. The molecule has 0 aliphatic rings. The van der Waals surface area contributed by atoms with Crippen molar-refractivity contribution in [3.63, 3.8) is 0 Å². The van der Waals surface area contributed by atoms with E-state index >= 15 is 0 Å². The van der Waals surface area contributed by atoms with Crippen LogP contribution in [0.25, 0.3) is 10.9 Å². The van der Waals surface area contributed by atoms with Crippen molar-refractivity contribution < 1.29 is 9.53 Å². The number of likely N-dealkylation sites (N-methyl/N-ethyl adjacent to an activating group) is 1. The smallest absolute Gasteiger partial charge is 0.253 e. The molecule has 3 rings (SSSR count). The summed E-state index contributed by atoms with van der Waals surface area (Å²) in [5.74, 6) is 0.642. The highest BCUT2D eigenvalue weighted by atomic mass is 16.5. The number of pyridine rings is 1. The van der Waals surface area contributed by atoms with E-state index in [4.69, 9.17) is 4.74 Å². The summed E-state index contributed by atoms with van der Waals surface area (Å²) in [6.45, 7) is 2.38. The molecule has 1 unspecified atom stereocenters. The third-order valence-corrected chi connectivity index (χ3v) is 4.72. The summed E-state index contributed by atoms with van der Waals surface area (Å²) in [5.41, 5.74) is 3.29. The zero-order valence-corrected chi connectivity index (χ0v) is 16.2. The van der Waals surface area contributed by atoms with E-state index < -0.39 is 0 Å². The summed E-state index contributed by atoms with van der Waals surface area (Å²) in [6, 6.07) is 17.8. The largest absolute Gasteiger partial charge is 0.497 e. The van der Waals surface area contributed by atoms with Gasteiger partial charge in [-0.3, -0.25) is 9.78 Å². The van der Waals surface area contributed by atoms with Gasteiger partial charge in [-0.05, 0) is 44.8 Å². The van der Waals surface area contributed by atoms with Gasteiger partial charge in [0.25, 0.3) is 5.91 Å². The molecule has 1 N–H and O–H groups in total. The van der Waals surface area contributed by atoms with Crippen molar-refractivity contribution in [2.75, 3.05) is 27.7 Å². The molecule has 0 saturated carbocycles. The van der Waals surface area contributed by atoms with Crippen LogP contribution in [0.2, 0.25) is 0 Å².